The van der Waals surface area contributed by atoms with Gasteiger partial charge in [-0.15, -0.1) is 0 Å². The fourth-order valence-electron chi connectivity index (χ4n) is 3.98. The highest BCUT2D eigenvalue weighted by molar-refractivity contribution is 5.93. The van der Waals surface area contributed by atoms with Gasteiger partial charge >= 0.3 is 0 Å². The van der Waals surface area contributed by atoms with Crippen LogP contribution in [0.25, 0.3) is 0 Å². The number of nitrogens with two attached hydrogens (primary N) is 2. The first-order valence-electron chi connectivity index (χ1n) is 10.7. The number of nitrogens with one attached hydrogen (secondary N) is 1. The Morgan fingerprint density at radius 2 is 1.64 bits per heavy atom. The van der Waals surface area contributed by atoms with E-state index in [1.807, 2.05) is 0 Å². The predicted molar refractivity (Wildman–Crippen MR) is 109 cm³/mol. The van der Waals surface area contributed by atoms with Crippen LogP contribution in [0.2, 0.25) is 0 Å². The highest BCUT2D eigenvalue weighted by Crippen LogP contribution is 2.30. The van der Waals surface area contributed by atoms with Crippen molar-refractivity contribution >= 4 is 17.5 Å². The van der Waals surface area contributed by atoms with Gasteiger partial charge in [-0.25, -0.2) is 0 Å². The summed E-state index contributed by atoms with van der Waals surface area (Å²) >= 11 is 0. The smallest absolute Gasteiger partial charge is 0.226 e. The van der Waals surface area contributed by atoms with Gasteiger partial charge in [0.15, 0.2) is 5.78 Å². The summed E-state index contributed by atoms with van der Waals surface area (Å²) in [5, 5.41) is 12.7. The van der Waals surface area contributed by atoms with Gasteiger partial charge in [-0.3, -0.25) is 14.4 Å². The number of carbonyl (C=O) groups excluding carboxylic acids is 3. The highest BCUT2D eigenvalue weighted by atomic mass is 16.3. The van der Waals surface area contributed by atoms with E-state index in [4.69, 9.17) is 11.5 Å². The largest absolute Gasteiger partial charge is 0.393 e. The Morgan fingerprint density at radius 1 is 1.04 bits per heavy atom. The Kier molecular flexibility index (Phi) is 10.9. The molecule has 1 unspecified atom stereocenters. The van der Waals surface area contributed by atoms with Gasteiger partial charge in [0.05, 0.1) is 18.1 Å². The number of ketones is 2. The maximum atomic E-state index is 12.8. The van der Waals surface area contributed by atoms with Crippen molar-refractivity contribution in [3.63, 3.8) is 0 Å². The van der Waals surface area contributed by atoms with Crippen molar-refractivity contribution in [1.29, 1.82) is 0 Å². The van der Waals surface area contributed by atoms with Crippen LogP contribution in [0.15, 0.2) is 0 Å². The van der Waals surface area contributed by atoms with E-state index in [-0.39, 0.29) is 42.9 Å². The molecular weight excluding hydrogens is 358 g/mol. The monoisotopic (exact) mass is 397 g/mol. The number of rotatable bonds is 12. The van der Waals surface area contributed by atoms with Crippen LogP contribution in [0.5, 0.6) is 0 Å². The van der Waals surface area contributed by atoms with Crippen LogP contribution in [0.4, 0.5) is 0 Å². The summed E-state index contributed by atoms with van der Waals surface area (Å²) in [6, 6.07) is -0.809. The predicted octanol–water partition coefficient (Wildman–Crippen LogP) is 1.16. The number of Topliss-reactive ketones (excluding diaryl/α,β-unsaturated/α-hetero) is 2. The second-order valence-corrected chi connectivity index (χ2v) is 8.54. The number of amides is 1. The summed E-state index contributed by atoms with van der Waals surface area (Å²) in [7, 11) is 0. The van der Waals surface area contributed by atoms with Crippen molar-refractivity contribution in [2.75, 3.05) is 13.1 Å². The summed E-state index contributed by atoms with van der Waals surface area (Å²) in [4.78, 5) is 37.6. The second kappa shape index (κ2) is 12.3. The maximum Gasteiger partial charge on any atom is 0.226 e. The topological polar surface area (TPSA) is 136 Å². The Hall–Kier alpha value is -1.31. The van der Waals surface area contributed by atoms with Crippen molar-refractivity contribution < 1.29 is 19.5 Å². The summed E-state index contributed by atoms with van der Waals surface area (Å²) in [5.74, 6) is -1.73. The maximum absolute atomic E-state index is 12.8. The second-order valence-electron chi connectivity index (χ2n) is 8.54. The Morgan fingerprint density at radius 3 is 2.11 bits per heavy atom. The van der Waals surface area contributed by atoms with Crippen LogP contribution in [-0.4, -0.2) is 47.8 Å². The molecule has 1 aliphatic carbocycles. The molecule has 1 saturated carbocycles. The summed E-state index contributed by atoms with van der Waals surface area (Å²) in [6.45, 7) is 5.20. The average Bonchev–Trinajstić information content (AvgIpc) is 2.67. The summed E-state index contributed by atoms with van der Waals surface area (Å²) < 4.78 is 0. The van der Waals surface area contributed by atoms with Crippen LogP contribution in [-0.2, 0) is 14.4 Å². The molecule has 4 atom stereocenters. The third-order valence-electron chi connectivity index (χ3n) is 5.89. The molecule has 1 fully saturated rings. The molecule has 0 saturated heterocycles. The van der Waals surface area contributed by atoms with Crippen LogP contribution >= 0.6 is 0 Å². The Balaban J connectivity index is 2.73. The first-order chi connectivity index (χ1) is 13.2. The number of aliphatic hydroxyl groups excluding tert-OH is 1. The van der Waals surface area contributed by atoms with Gasteiger partial charge in [0, 0.05) is 31.3 Å². The van der Waals surface area contributed by atoms with Crippen molar-refractivity contribution in [3.8, 4) is 0 Å². The minimum atomic E-state index is -1.01. The van der Waals surface area contributed by atoms with Gasteiger partial charge in [-0.2, -0.15) is 0 Å². The van der Waals surface area contributed by atoms with Gasteiger partial charge < -0.3 is 21.9 Å². The van der Waals surface area contributed by atoms with E-state index in [1.165, 1.54) is 26.2 Å². The molecule has 0 bridgehead atoms. The van der Waals surface area contributed by atoms with E-state index in [1.54, 1.807) is 13.8 Å². The van der Waals surface area contributed by atoms with E-state index in [0.29, 0.717) is 5.92 Å². The minimum Gasteiger partial charge on any atom is -0.393 e. The number of hydrogen-bond acceptors (Lipinski definition) is 6. The Bertz CT molecular complexity index is 516. The first-order valence-corrected chi connectivity index (χ1v) is 10.7. The number of carbonyl (C=O) groups is 3. The van der Waals surface area contributed by atoms with E-state index in [0.717, 1.165) is 19.3 Å². The lowest BCUT2D eigenvalue weighted by Crippen LogP contribution is -2.51. The van der Waals surface area contributed by atoms with Crippen molar-refractivity contribution in [2.45, 2.75) is 77.9 Å². The van der Waals surface area contributed by atoms with Gasteiger partial charge in [0.1, 0.15) is 5.78 Å². The molecular formula is C21H39N3O4. The van der Waals surface area contributed by atoms with Crippen molar-refractivity contribution in [1.82, 2.24) is 5.32 Å². The molecule has 0 aromatic carbocycles. The molecule has 0 aromatic rings. The molecule has 7 nitrogen and oxygen atoms in total. The van der Waals surface area contributed by atoms with Gasteiger partial charge in [-0.05, 0) is 19.3 Å². The molecule has 0 radical (unpaired) electrons. The quantitative estimate of drug-likeness (QED) is 0.390. The fourth-order valence-corrected chi connectivity index (χ4v) is 3.98. The number of hydrogen-bond donors (Lipinski definition) is 4. The summed E-state index contributed by atoms with van der Waals surface area (Å²) in [5.41, 5.74) is 11.5. The molecule has 7 heteroatoms. The van der Waals surface area contributed by atoms with Gasteiger partial charge in [0.2, 0.25) is 5.91 Å². The third-order valence-corrected chi connectivity index (χ3v) is 5.89. The summed E-state index contributed by atoms with van der Waals surface area (Å²) in [6.07, 6.45) is 5.55. The fraction of sp³-hybridized carbons (Fsp3) is 0.857. The molecule has 162 valence electrons. The first kappa shape index (κ1) is 24.7. The zero-order valence-corrected chi connectivity index (χ0v) is 17.7. The Labute approximate surface area is 169 Å². The van der Waals surface area contributed by atoms with Crippen LogP contribution < -0.4 is 16.8 Å². The molecule has 0 heterocycles. The van der Waals surface area contributed by atoms with Crippen molar-refractivity contribution in [2.24, 2.45) is 35.1 Å². The molecule has 0 spiro atoms. The molecule has 1 rings (SSSR count). The van der Waals surface area contributed by atoms with E-state index >= 15 is 0 Å². The lowest BCUT2D eigenvalue weighted by molar-refractivity contribution is -0.136. The minimum absolute atomic E-state index is 0.0175. The molecule has 1 aliphatic rings. The zero-order valence-electron chi connectivity index (χ0n) is 17.7. The van der Waals surface area contributed by atoms with Crippen molar-refractivity contribution in [3.05, 3.63) is 0 Å². The molecule has 0 aliphatic heterocycles. The van der Waals surface area contributed by atoms with Gasteiger partial charge in [0.25, 0.3) is 0 Å². The number of aliphatic hydroxyl groups is 1. The highest BCUT2D eigenvalue weighted by Gasteiger charge is 2.33. The normalized spacial score (nSPS) is 19.7. The van der Waals surface area contributed by atoms with Gasteiger partial charge in [-0.1, -0.05) is 46.0 Å². The average molecular weight is 398 g/mol. The molecule has 6 N–H and O–H groups in total. The molecule has 28 heavy (non-hydrogen) atoms. The van der Waals surface area contributed by atoms with Crippen LogP contribution in [0.1, 0.15) is 65.7 Å². The van der Waals surface area contributed by atoms with E-state index in [9.17, 15) is 19.5 Å². The SMILES string of the molecule is CC(C)C(=O)[C@H](CN)NC(=O)[C@@H](CC(=O)C(CN)CC1CCCCC1)[C@H](C)O. The van der Waals surface area contributed by atoms with Crippen LogP contribution in [0.3, 0.4) is 0 Å². The molecule has 1 amide bonds. The third kappa shape index (κ3) is 7.60. The standard InChI is InChI=1S/C21H39N3O4/c1-13(2)20(27)18(12-23)24-21(28)17(14(3)25)10-19(26)16(11-22)9-15-7-5-4-6-8-15/h13-18,25H,4-12,22-23H2,1-3H3,(H,24,28)/t14-,16?,17-,18-/m0/s1. The van der Waals surface area contributed by atoms with Crippen LogP contribution in [0, 0.1) is 23.7 Å². The molecule has 0 aromatic heterocycles. The van der Waals surface area contributed by atoms with E-state index < -0.39 is 24.0 Å². The lowest BCUT2D eigenvalue weighted by atomic mass is 9.80. The lowest BCUT2D eigenvalue weighted by Gasteiger charge is -2.27. The zero-order chi connectivity index (χ0) is 21.3. The van der Waals surface area contributed by atoms with E-state index in [2.05, 4.69) is 5.32 Å².